The lowest BCUT2D eigenvalue weighted by molar-refractivity contribution is -0.141. The van der Waals surface area contributed by atoms with Crippen molar-refractivity contribution in [2.24, 2.45) is 5.92 Å². The largest absolute Gasteiger partial charge is 0.481 e. The predicted octanol–water partition coefficient (Wildman–Crippen LogP) is 3.59. The van der Waals surface area contributed by atoms with Gasteiger partial charge in [0.15, 0.2) is 0 Å². The molecule has 1 amide bonds. The molecule has 4 nitrogen and oxygen atoms in total. The number of carboxylic acids is 1. The molecule has 5 heteroatoms. The van der Waals surface area contributed by atoms with Crippen LogP contribution < -0.4 is 0 Å². The number of hydrogen-bond acceptors (Lipinski definition) is 2. The first-order chi connectivity index (χ1) is 11.3. The van der Waals surface area contributed by atoms with E-state index in [1.54, 1.807) is 6.07 Å². The number of halogens is 1. The summed E-state index contributed by atoms with van der Waals surface area (Å²) < 4.78 is 14.4. The van der Waals surface area contributed by atoms with Crippen molar-refractivity contribution in [1.29, 1.82) is 0 Å². The number of benzene rings is 2. The number of carbonyl (C=O) groups is 2. The standard InChI is InChI=1S/C19H20FNO3/c1-12-4-6-14(7-5-12)15-8-9-16(17(20)10-15)18(22)21(3)11-13(2)19(23)24/h4-10,13H,11H2,1-3H3,(H,23,24). The Hall–Kier alpha value is -2.69. The quantitative estimate of drug-likeness (QED) is 0.912. The van der Waals surface area contributed by atoms with E-state index in [0.717, 1.165) is 11.1 Å². The van der Waals surface area contributed by atoms with Crippen LogP contribution in [0, 0.1) is 18.7 Å². The fourth-order valence-corrected chi connectivity index (χ4v) is 2.39. The number of amides is 1. The molecule has 0 fully saturated rings. The number of nitrogens with zero attached hydrogens (tertiary/aromatic N) is 1. The third-order valence-corrected chi connectivity index (χ3v) is 3.90. The molecule has 1 N–H and O–H groups in total. The Morgan fingerprint density at radius 1 is 1.12 bits per heavy atom. The summed E-state index contributed by atoms with van der Waals surface area (Å²) in [6.45, 7) is 3.50. The first-order valence-electron chi connectivity index (χ1n) is 7.64. The minimum atomic E-state index is -0.996. The highest BCUT2D eigenvalue weighted by Crippen LogP contribution is 2.23. The van der Waals surface area contributed by atoms with Gasteiger partial charge in [-0.1, -0.05) is 42.8 Å². The average Bonchev–Trinajstić information content (AvgIpc) is 2.54. The molecule has 2 aromatic rings. The van der Waals surface area contributed by atoms with Crippen LogP contribution in [0.3, 0.4) is 0 Å². The van der Waals surface area contributed by atoms with E-state index in [9.17, 15) is 14.0 Å². The summed E-state index contributed by atoms with van der Waals surface area (Å²) in [6.07, 6.45) is 0. The van der Waals surface area contributed by atoms with Gasteiger partial charge in [0.25, 0.3) is 5.91 Å². The SMILES string of the molecule is Cc1ccc(-c2ccc(C(=O)N(C)CC(C)C(=O)O)c(F)c2)cc1. The molecule has 0 radical (unpaired) electrons. The van der Waals surface area contributed by atoms with Crippen molar-refractivity contribution in [1.82, 2.24) is 4.90 Å². The average molecular weight is 329 g/mol. The number of carbonyl (C=O) groups excluding carboxylic acids is 1. The Bertz CT molecular complexity index is 756. The summed E-state index contributed by atoms with van der Waals surface area (Å²) in [5, 5.41) is 8.91. The zero-order valence-corrected chi connectivity index (χ0v) is 13.9. The molecule has 0 aromatic heterocycles. The van der Waals surface area contributed by atoms with Crippen LogP contribution in [0.1, 0.15) is 22.8 Å². The van der Waals surface area contributed by atoms with Crippen molar-refractivity contribution in [2.45, 2.75) is 13.8 Å². The molecule has 24 heavy (non-hydrogen) atoms. The van der Waals surface area contributed by atoms with Crippen LogP contribution in [-0.4, -0.2) is 35.5 Å². The van der Waals surface area contributed by atoms with Gasteiger partial charge in [0.05, 0.1) is 11.5 Å². The van der Waals surface area contributed by atoms with Crippen LogP contribution in [0.4, 0.5) is 4.39 Å². The maximum atomic E-state index is 14.4. The molecule has 126 valence electrons. The lowest BCUT2D eigenvalue weighted by Crippen LogP contribution is -2.34. The van der Waals surface area contributed by atoms with Gasteiger partial charge in [0.2, 0.25) is 0 Å². The van der Waals surface area contributed by atoms with Gasteiger partial charge < -0.3 is 10.0 Å². The zero-order valence-electron chi connectivity index (χ0n) is 13.9. The molecule has 0 heterocycles. The predicted molar refractivity (Wildman–Crippen MR) is 90.3 cm³/mol. The molecule has 1 unspecified atom stereocenters. The van der Waals surface area contributed by atoms with Crippen LogP contribution in [0.5, 0.6) is 0 Å². The third-order valence-electron chi connectivity index (χ3n) is 3.90. The van der Waals surface area contributed by atoms with Crippen LogP contribution in [0.15, 0.2) is 42.5 Å². The highest BCUT2D eigenvalue weighted by molar-refractivity contribution is 5.95. The first-order valence-corrected chi connectivity index (χ1v) is 7.64. The first kappa shape index (κ1) is 17.7. The Labute approximate surface area is 140 Å². The smallest absolute Gasteiger partial charge is 0.308 e. The summed E-state index contributed by atoms with van der Waals surface area (Å²) in [4.78, 5) is 24.4. The number of hydrogen-bond donors (Lipinski definition) is 1. The lowest BCUT2D eigenvalue weighted by Gasteiger charge is -2.20. The van der Waals surface area contributed by atoms with E-state index >= 15 is 0 Å². The van der Waals surface area contributed by atoms with Gasteiger partial charge >= 0.3 is 5.97 Å². The van der Waals surface area contributed by atoms with E-state index < -0.39 is 23.6 Å². The van der Waals surface area contributed by atoms with Crippen molar-refractivity contribution in [2.75, 3.05) is 13.6 Å². The van der Waals surface area contributed by atoms with Crippen LogP contribution in [0.25, 0.3) is 11.1 Å². The minimum absolute atomic E-state index is 0.0212. The van der Waals surface area contributed by atoms with E-state index in [1.165, 1.54) is 31.0 Å². The Morgan fingerprint density at radius 2 is 1.71 bits per heavy atom. The van der Waals surface area contributed by atoms with Gasteiger partial charge in [-0.2, -0.15) is 0 Å². The van der Waals surface area contributed by atoms with Crippen LogP contribution in [0.2, 0.25) is 0 Å². The number of aliphatic carboxylic acids is 1. The van der Waals surface area contributed by atoms with E-state index in [0.29, 0.717) is 5.56 Å². The fraction of sp³-hybridized carbons (Fsp3) is 0.263. The monoisotopic (exact) mass is 329 g/mol. The van der Waals surface area contributed by atoms with E-state index in [4.69, 9.17) is 5.11 Å². The topological polar surface area (TPSA) is 57.6 Å². The Kier molecular flexibility index (Phi) is 5.34. The molecule has 1 atom stereocenters. The summed E-state index contributed by atoms with van der Waals surface area (Å²) in [6, 6.07) is 12.1. The molecular formula is C19H20FNO3. The maximum absolute atomic E-state index is 14.4. The second-order valence-corrected chi connectivity index (χ2v) is 5.99. The van der Waals surface area contributed by atoms with E-state index in [2.05, 4.69) is 0 Å². The van der Waals surface area contributed by atoms with Gasteiger partial charge in [-0.05, 0) is 30.2 Å². The van der Waals surface area contributed by atoms with E-state index in [-0.39, 0.29) is 12.1 Å². The molecule has 0 aliphatic rings. The lowest BCUT2D eigenvalue weighted by atomic mass is 10.0. The fourth-order valence-electron chi connectivity index (χ4n) is 2.39. The van der Waals surface area contributed by atoms with Gasteiger partial charge in [0.1, 0.15) is 5.82 Å². The normalized spacial score (nSPS) is 11.8. The zero-order chi connectivity index (χ0) is 17.9. The number of aryl methyl sites for hydroxylation is 1. The third kappa shape index (κ3) is 3.98. The number of carboxylic acid groups (broad SMARTS) is 1. The van der Waals surface area contributed by atoms with Crippen LogP contribution in [-0.2, 0) is 4.79 Å². The minimum Gasteiger partial charge on any atom is -0.481 e. The molecule has 0 saturated carbocycles. The van der Waals surface area contributed by atoms with Gasteiger partial charge in [0, 0.05) is 13.6 Å². The summed E-state index contributed by atoms with van der Waals surface area (Å²) >= 11 is 0. The van der Waals surface area contributed by atoms with Crippen molar-refractivity contribution >= 4 is 11.9 Å². The Balaban J connectivity index is 2.21. The highest BCUT2D eigenvalue weighted by Gasteiger charge is 2.21. The van der Waals surface area contributed by atoms with Crippen molar-refractivity contribution in [3.8, 4) is 11.1 Å². The Morgan fingerprint density at radius 3 is 2.25 bits per heavy atom. The maximum Gasteiger partial charge on any atom is 0.308 e. The second-order valence-electron chi connectivity index (χ2n) is 5.99. The molecule has 2 rings (SSSR count). The summed E-state index contributed by atoms with van der Waals surface area (Å²) in [5.74, 6) is -2.86. The van der Waals surface area contributed by atoms with Crippen molar-refractivity contribution in [3.63, 3.8) is 0 Å². The van der Waals surface area contributed by atoms with Crippen LogP contribution >= 0.6 is 0 Å². The van der Waals surface area contributed by atoms with Gasteiger partial charge in [-0.25, -0.2) is 4.39 Å². The molecule has 0 aliphatic carbocycles. The highest BCUT2D eigenvalue weighted by atomic mass is 19.1. The van der Waals surface area contributed by atoms with Gasteiger partial charge in [-0.3, -0.25) is 9.59 Å². The summed E-state index contributed by atoms with van der Waals surface area (Å²) in [5.41, 5.74) is 2.60. The summed E-state index contributed by atoms with van der Waals surface area (Å²) in [7, 11) is 1.47. The molecule has 0 spiro atoms. The van der Waals surface area contributed by atoms with Crippen molar-refractivity contribution < 1.29 is 19.1 Å². The van der Waals surface area contributed by atoms with E-state index in [1.807, 2.05) is 31.2 Å². The second kappa shape index (κ2) is 7.25. The molecule has 0 saturated heterocycles. The number of rotatable bonds is 5. The van der Waals surface area contributed by atoms with Gasteiger partial charge in [-0.15, -0.1) is 0 Å². The molecule has 0 bridgehead atoms. The molecule has 2 aromatic carbocycles. The molecule has 0 aliphatic heterocycles. The molecular weight excluding hydrogens is 309 g/mol. The van der Waals surface area contributed by atoms with Crippen molar-refractivity contribution in [3.05, 3.63) is 59.4 Å².